The van der Waals surface area contributed by atoms with Crippen LogP contribution in [0.4, 0.5) is 4.79 Å². The molecule has 0 rings (SSSR count). The van der Waals surface area contributed by atoms with Gasteiger partial charge in [0.2, 0.25) is 0 Å². The quantitative estimate of drug-likeness (QED) is 0.515. The maximum absolute atomic E-state index is 9.78. The number of carbonyl (C=O) groups excluding carboxylic acids is 1. The van der Waals surface area contributed by atoms with Gasteiger partial charge in [0, 0.05) is 0 Å². The second kappa shape index (κ2) is 3.50. The number of hydrogen-bond acceptors (Lipinski definition) is 1. The van der Waals surface area contributed by atoms with Gasteiger partial charge in [-0.1, -0.05) is 0 Å². The molecule has 0 aromatic rings. The van der Waals surface area contributed by atoms with Crippen LogP contribution in [-0.4, -0.2) is 37.7 Å². The van der Waals surface area contributed by atoms with E-state index in [0.29, 0.717) is 0 Å². The average molecular weight is 214 g/mol. The average Bonchev–Trinajstić information content (AvgIpc) is 1.65. The Bertz CT molecular complexity index is 79.5. The summed E-state index contributed by atoms with van der Waals surface area (Å²) in [7, 11) is 0. The van der Waals surface area contributed by atoms with E-state index in [1.54, 1.807) is 0 Å². The Morgan fingerprint density at radius 1 is 1.33 bits per heavy atom. The normalized spacial score (nSPS) is 6.67. The van der Waals surface area contributed by atoms with Crippen LogP contribution in [0.1, 0.15) is 0 Å². The van der Waals surface area contributed by atoms with Gasteiger partial charge in [0.25, 0.3) is 0 Å². The van der Waals surface area contributed by atoms with E-state index < -0.39 is 6.03 Å². The van der Waals surface area contributed by atoms with Crippen LogP contribution >= 0.6 is 0 Å². The Hall–Kier alpha value is 0.309. The summed E-state index contributed by atoms with van der Waals surface area (Å²) in [5, 5.41) is 0. The van der Waals surface area contributed by atoms with Gasteiger partial charge in [-0.2, -0.15) is 0 Å². The van der Waals surface area contributed by atoms with Crippen molar-refractivity contribution in [3.8, 4) is 0 Å². The minimum absolute atomic E-state index is 0.519. The summed E-state index contributed by atoms with van der Waals surface area (Å²) in [4.78, 5) is 9.78. The third-order valence-corrected chi connectivity index (χ3v) is 0.812. The molecule has 0 aliphatic carbocycles. The van der Waals surface area contributed by atoms with Gasteiger partial charge in [-0.15, -0.1) is 0 Å². The molecule has 0 heterocycles. The van der Waals surface area contributed by atoms with E-state index in [-0.39, 0.29) is 0 Å². The van der Waals surface area contributed by atoms with Gasteiger partial charge in [0.15, 0.2) is 0 Å². The van der Waals surface area contributed by atoms with Crippen molar-refractivity contribution in [1.29, 1.82) is 0 Å². The van der Waals surface area contributed by atoms with Crippen LogP contribution in [-0.2, 0) is 0 Å². The molecule has 0 atom stereocenters. The first kappa shape index (κ1) is 6.31. The number of nitrogens with zero attached hydrogens (tertiary/aromatic N) is 2. The molecule has 0 saturated carbocycles. The third kappa shape index (κ3) is 2.54. The van der Waals surface area contributed by atoms with Crippen LogP contribution < -0.4 is 0 Å². The zero-order chi connectivity index (χ0) is 4.99. The molecule has 0 unspecified atom stereocenters. The number of urea groups is 1. The molecule has 0 aromatic carbocycles. The van der Waals surface area contributed by atoms with Crippen molar-refractivity contribution in [3.63, 3.8) is 0 Å². The van der Waals surface area contributed by atoms with Crippen LogP contribution in [0, 0.1) is 0 Å². The molecule has 0 N–H and O–H groups in total. The van der Waals surface area contributed by atoms with E-state index in [1.807, 2.05) is 0 Å². The number of amides is 2. The first-order valence-electron chi connectivity index (χ1n) is 1.02. The van der Waals surface area contributed by atoms with Gasteiger partial charge in [0.1, 0.15) is 0 Å². The molecule has 5 heteroatoms. The van der Waals surface area contributed by atoms with Crippen molar-refractivity contribution in [2.45, 2.75) is 0 Å². The van der Waals surface area contributed by atoms with Crippen molar-refractivity contribution in [3.05, 3.63) is 0 Å². The first-order chi connectivity index (χ1) is 2.81. The van der Waals surface area contributed by atoms with Crippen molar-refractivity contribution < 1.29 is 4.79 Å². The Labute approximate surface area is 50.7 Å². The molecule has 2 amide bonds. The zero-order valence-corrected chi connectivity index (χ0v) is 6.05. The Balaban J connectivity index is 3.52. The molecular formula is CN2OSe2. The third-order valence-electron chi connectivity index (χ3n) is 0.156. The van der Waals surface area contributed by atoms with Gasteiger partial charge >= 0.3 is 50.4 Å². The monoisotopic (exact) mass is 216 g/mol. The van der Waals surface area contributed by atoms with Crippen LogP contribution in [0.3, 0.4) is 0 Å². The van der Waals surface area contributed by atoms with Gasteiger partial charge in [0.05, 0.1) is 0 Å². The first-order valence-corrected chi connectivity index (χ1v) is 2.55. The molecule has 3 nitrogen and oxygen atoms in total. The van der Waals surface area contributed by atoms with E-state index in [0.717, 1.165) is 0 Å². The predicted octanol–water partition coefficient (Wildman–Crippen LogP) is -0.189. The molecule has 0 aromatic heterocycles. The summed E-state index contributed by atoms with van der Waals surface area (Å²) in [6.07, 6.45) is 0. The molecule has 0 aliphatic heterocycles. The molecule has 0 saturated heterocycles. The van der Waals surface area contributed by atoms with E-state index in [1.165, 1.54) is 0 Å². The second-order valence-electron chi connectivity index (χ2n) is 0.465. The van der Waals surface area contributed by atoms with Gasteiger partial charge in [-0.3, -0.25) is 0 Å². The Morgan fingerprint density at radius 3 is 1.67 bits per heavy atom. The predicted molar refractivity (Wildman–Crippen MR) is 21.8 cm³/mol. The summed E-state index contributed by atoms with van der Waals surface area (Å²) >= 11 is 4.31. The summed E-state index contributed by atoms with van der Waals surface area (Å²) in [5.41, 5.74) is 0. The van der Waals surface area contributed by atoms with E-state index in [2.05, 4.69) is 39.6 Å². The Kier molecular flexibility index (Phi) is 3.68. The van der Waals surface area contributed by atoms with Crippen LogP contribution in [0.2, 0.25) is 0 Å². The van der Waals surface area contributed by atoms with Crippen LogP contribution in [0.25, 0.3) is 0 Å². The molecule has 0 bridgehead atoms. The zero-order valence-electron chi connectivity index (χ0n) is 2.62. The SMILES string of the molecule is O=C(N=[Se])N=[Se]. The van der Waals surface area contributed by atoms with Crippen LogP contribution in [0.5, 0.6) is 0 Å². The molecule has 32 valence electrons. The van der Waals surface area contributed by atoms with Crippen molar-refractivity contribution in [2.75, 3.05) is 0 Å². The maximum atomic E-state index is 9.78. The molecule has 6 heavy (non-hydrogen) atoms. The second-order valence-corrected chi connectivity index (χ2v) is 1.23. The number of rotatable bonds is 0. The summed E-state index contributed by atoms with van der Waals surface area (Å²) in [6, 6.07) is -0.519. The molecular weight excluding hydrogens is 214 g/mol. The fraction of sp³-hybridized carbons (Fsp3) is 0. The van der Waals surface area contributed by atoms with E-state index >= 15 is 0 Å². The van der Waals surface area contributed by atoms with E-state index in [9.17, 15) is 4.79 Å². The number of hydrogen-bond donors (Lipinski definition) is 0. The van der Waals surface area contributed by atoms with Crippen molar-refractivity contribution in [1.82, 2.24) is 0 Å². The Morgan fingerprint density at radius 2 is 1.67 bits per heavy atom. The van der Waals surface area contributed by atoms with Crippen LogP contribution in [0.15, 0.2) is 7.92 Å². The van der Waals surface area contributed by atoms with Crippen molar-refractivity contribution >= 4 is 37.7 Å². The molecule has 0 aliphatic rings. The van der Waals surface area contributed by atoms with Gasteiger partial charge in [-0.05, 0) is 0 Å². The minimum atomic E-state index is -0.519. The van der Waals surface area contributed by atoms with Gasteiger partial charge in [-0.25, -0.2) is 0 Å². The summed E-state index contributed by atoms with van der Waals surface area (Å²) in [5.74, 6) is 0. The summed E-state index contributed by atoms with van der Waals surface area (Å²) < 4.78 is 6.09. The molecule has 0 fully saturated rings. The molecule has 0 spiro atoms. The summed E-state index contributed by atoms with van der Waals surface area (Å²) in [6.45, 7) is 0. The fourth-order valence-corrected chi connectivity index (χ4v) is 0.450. The number of carbonyl (C=O) groups is 1. The fourth-order valence-electron chi connectivity index (χ4n) is 0.0167. The van der Waals surface area contributed by atoms with E-state index in [4.69, 9.17) is 0 Å². The topological polar surface area (TPSA) is 41.8 Å². The van der Waals surface area contributed by atoms with Crippen molar-refractivity contribution in [2.24, 2.45) is 7.92 Å². The standard InChI is InChI=1S/CN2OSe2/c4-1(2-5)3-6. The molecule has 0 radical (unpaired) electrons. The van der Waals surface area contributed by atoms with Gasteiger partial charge < -0.3 is 0 Å².